The zero-order chi connectivity index (χ0) is 15.5. The summed E-state index contributed by atoms with van der Waals surface area (Å²) in [6.45, 7) is 7.33. The van der Waals surface area contributed by atoms with E-state index in [1.54, 1.807) is 18.2 Å². The van der Waals surface area contributed by atoms with Crippen LogP contribution in [0.15, 0.2) is 41.1 Å². The molecule has 0 N–H and O–H groups in total. The lowest BCUT2D eigenvalue weighted by Crippen LogP contribution is -2.16. The highest BCUT2D eigenvalue weighted by Gasteiger charge is 2.30. The predicted octanol–water partition coefficient (Wildman–Crippen LogP) is 4.01. The van der Waals surface area contributed by atoms with E-state index in [1.165, 1.54) is 6.26 Å². The van der Waals surface area contributed by atoms with Crippen molar-refractivity contribution >= 4 is 12.9 Å². The summed E-state index contributed by atoms with van der Waals surface area (Å²) in [6.07, 6.45) is 1.13. The summed E-state index contributed by atoms with van der Waals surface area (Å²) in [5.41, 5.74) is 1.61. The van der Waals surface area contributed by atoms with Gasteiger partial charge in [-0.1, -0.05) is 17.3 Å². The Morgan fingerprint density at radius 1 is 1.00 bits per heavy atom. The largest absolute Gasteiger partial charge is 0.364 e. The third-order valence-corrected chi connectivity index (χ3v) is 4.95. The molecule has 5 nitrogen and oxygen atoms in total. The van der Waals surface area contributed by atoms with Gasteiger partial charge in [0.1, 0.15) is 12.0 Å². The molecule has 0 aliphatic rings. The van der Waals surface area contributed by atoms with Crippen molar-refractivity contribution in [1.82, 2.24) is 5.16 Å². The molecular formula is C15H20NO4P. The van der Waals surface area contributed by atoms with Crippen LogP contribution in [-0.2, 0) is 13.6 Å². The van der Waals surface area contributed by atoms with Gasteiger partial charge >= 0.3 is 7.60 Å². The molecule has 0 spiro atoms. The standard InChI is InChI=1S/C15H20NO4P/c1-11(2)19-21(17,20-12(3)4)14-7-5-13(6-8-14)15-9-10-18-16-15/h5-12H,1-4H3. The summed E-state index contributed by atoms with van der Waals surface area (Å²) in [7, 11) is -3.32. The number of rotatable bonds is 6. The minimum absolute atomic E-state index is 0.190. The van der Waals surface area contributed by atoms with Crippen LogP contribution in [0.2, 0.25) is 0 Å². The van der Waals surface area contributed by atoms with Crippen molar-refractivity contribution in [1.29, 1.82) is 0 Å². The normalized spacial score (nSPS) is 12.3. The van der Waals surface area contributed by atoms with Gasteiger partial charge < -0.3 is 13.6 Å². The zero-order valence-electron chi connectivity index (χ0n) is 12.6. The second-order valence-corrected chi connectivity index (χ2v) is 7.17. The maximum atomic E-state index is 13.0. The molecule has 1 aromatic carbocycles. The molecule has 0 aliphatic carbocycles. The first-order valence-electron chi connectivity index (χ1n) is 6.89. The number of benzene rings is 1. The van der Waals surface area contributed by atoms with Gasteiger partial charge in [0, 0.05) is 11.6 Å². The summed E-state index contributed by atoms with van der Waals surface area (Å²) in [5, 5.41) is 4.41. The van der Waals surface area contributed by atoms with Crippen LogP contribution in [0.25, 0.3) is 11.3 Å². The predicted molar refractivity (Wildman–Crippen MR) is 81.6 cm³/mol. The van der Waals surface area contributed by atoms with Crippen LogP contribution in [0.5, 0.6) is 0 Å². The molecule has 2 aromatic rings. The van der Waals surface area contributed by atoms with E-state index in [9.17, 15) is 4.57 Å². The number of hydrogen-bond donors (Lipinski definition) is 0. The maximum absolute atomic E-state index is 13.0. The number of aromatic nitrogens is 1. The Hall–Kier alpha value is -1.42. The van der Waals surface area contributed by atoms with E-state index in [0.29, 0.717) is 5.30 Å². The Morgan fingerprint density at radius 2 is 1.57 bits per heavy atom. The van der Waals surface area contributed by atoms with Crippen LogP contribution < -0.4 is 5.30 Å². The zero-order valence-corrected chi connectivity index (χ0v) is 13.5. The van der Waals surface area contributed by atoms with E-state index in [0.717, 1.165) is 11.3 Å². The molecular weight excluding hydrogens is 289 g/mol. The Kier molecular flexibility index (Phi) is 4.99. The molecule has 0 aliphatic heterocycles. The average Bonchev–Trinajstić information content (AvgIpc) is 2.90. The van der Waals surface area contributed by atoms with Crippen molar-refractivity contribution in [3.8, 4) is 11.3 Å². The first-order valence-corrected chi connectivity index (χ1v) is 8.43. The Labute approximate surface area is 124 Å². The van der Waals surface area contributed by atoms with Gasteiger partial charge in [0.05, 0.1) is 17.5 Å². The van der Waals surface area contributed by atoms with Gasteiger partial charge in [-0.3, -0.25) is 4.57 Å². The summed E-state index contributed by atoms with van der Waals surface area (Å²) in [6, 6.07) is 8.91. The molecule has 21 heavy (non-hydrogen) atoms. The molecule has 1 aromatic heterocycles. The van der Waals surface area contributed by atoms with E-state index >= 15 is 0 Å². The SMILES string of the molecule is CC(C)OP(=O)(OC(C)C)c1ccc(-c2ccon2)cc1. The second kappa shape index (κ2) is 6.56. The van der Waals surface area contributed by atoms with Gasteiger partial charge in [0.25, 0.3) is 0 Å². The topological polar surface area (TPSA) is 61.6 Å². The second-order valence-electron chi connectivity index (χ2n) is 5.24. The lowest BCUT2D eigenvalue weighted by atomic mass is 10.2. The van der Waals surface area contributed by atoms with Crippen LogP contribution in [0.4, 0.5) is 0 Å². The van der Waals surface area contributed by atoms with Crippen LogP contribution in [-0.4, -0.2) is 17.4 Å². The minimum atomic E-state index is -3.32. The highest BCUT2D eigenvalue weighted by atomic mass is 31.2. The molecule has 2 rings (SSSR count). The third kappa shape index (κ3) is 4.03. The van der Waals surface area contributed by atoms with Gasteiger partial charge in [0.15, 0.2) is 0 Å². The molecule has 6 heteroatoms. The third-order valence-electron chi connectivity index (χ3n) is 2.62. The van der Waals surface area contributed by atoms with Crippen molar-refractivity contribution in [2.45, 2.75) is 39.9 Å². The smallest absolute Gasteiger partial charge is 0.361 e. The molecule has 0 saturated carbocycles. The van der Waals surface area contributed by atoms with Gasteiger partial charge in [-0.25, -0.2) is 0 Å². The highest BCUT2D eigenvalue weighted by Crippen LogP contribution is 2.49. The summed E-state index contributed by atoms with van der Waals surface area (Å²) < 4.78 is 28.9. The molecule has 114 valence electrons. The van der Waals surface area contributed by atoms with E-state index in [2.05, 4.69) is 5.16 Å². The van der Waals surface area contributed by atoms with Crippen molar-refractivity contribution in [3.05, 3.63) is 36.6 Å². The van der Waals surface area contributed by atoms with E-state index in [4.69, 9.17) is 13.6 Å². The number of hydrogen-bond acceptors (Lipinski definition) is 5. The van der Waals surface area contributed by atoms with E-state index < -0.39 is 7.60 Å². The lowest BCUT2D eigenvalue weighted by molar-refractivity contribution is 0.150. The van der Waals surface area contributed by atoms with Crippen LogP contribution >= 0.6 is 7.60 Å². The summed E-state index contributed by atoms with van der Waals surface area (Å²) in [4.78, 5) is 0. The molecule has 0 bridgehead atoms. The molecule has 0 saturated heterocycles. The maximum Gasteiger partial charge on any atom is 0.361 e. The van der Waals surface area contributed by atoms with Gasteiger partial charge in [-0.15, -0.1) is 0 Å². The van der Waals surface area contributed by atoms with Crippen molar-refractivity contribution in [2.24, 2.45) is 0 Å². The van der Waals surface area contributed by atoms with Crippen LogP contribution in [0.3, 0.4) is 0 Å². The molecule has 0 radical (unpaired) electrons. The van der Waals surface area contributed by atoms with Gasteiger partial charge in [-0.2, -0.15) is 0 Å². The van der Waals surface area contributed by atoms with Crippen molar-refractivity contribution in [2.75, 3.05) is 0 Å². The monoisotopic (exact) mass is 309 g/mol. The highest BCUT2D eigenvalue weighted by molar-refractivity contribution is 7.62. The Balaban J connectivity index is 2.30. The van der Waals surface area contributed by atoms with Gasteiger partial charge in [0.2, 0.25) is 0 Å². The summed E-state index contributed by atoms with van der Waals surface area (Å²) >= 11 is 0. The van der Waals surface area contributed by atoms with E-state index in [1.807, 2.05) is 39.8 Å². The Morgan fingerprint density at radius 3 is 2.00 bits per heavy atom. The quantitative estimate of drug-likeness (QED) is 0.754. The Bertz CT molecular complexity index is 591. The molecule has 1 heterocycles. The van der Waals surface area contributed by atoms with Crippen LogP contribution in [0.1, 0.15) is 27.7 Å². The average molecular weight is 309 g/mol. The van der Waals surface area contributed by atoms with Crippen molar-refractivity contribution in [3.63, 3.8) is 0 Å². The first kappa shape index (κ1) is 16.0. The van der Waals surface area contributed by atoms with Crippen LogP contribution in [0, 0.1) is 0 Å². The fraction of sp³-hybridized carbons (Fsp3) is 0.400. The lowest BCUT2D eigenvalue weighted by Gasteiger charge is -2.23. The molecule has 0 amide bonds. The molecule has 0 atom stereocenters. The van der Waals surface area contributed by atoms with Gasteiger partial charge in [-0.05, 0) is 39.8 Å². The fourth-order valence-corrected chi connectivity index (χ4v) is 3.80. The number of nitrogens with zero attached hydrogens (tertiary/aromatic N) is 1. The molecule has 0 unspecified atom stereocenters. The van der Waals surface area contributed by atoms with E-state index in [-0.39, 0.29) is 12.2 Å². The fourth-order valence-electron chi connectivity index (χ4n) is 1.88. The minimum Gasteiger partial charge on any atom is -0.364 e. The summed E-state index contributed by atoms with van der Waals surface area (Å²) in [5.74, 6) is 0. The first-order chi connectivity index (χ1) is 9.90. The molecule has 0 fully saturated rings. The van der Waals surface area contributed by atoms with Crippen molar-refractivity contribution < 1.29 is 18.1 Å².